The van der Waals surface area contributed by atoms with Crippen LogP contribution >= 0.6 is 0 Å². The van der Waals surface area contributed by atoms with E-state index in [0.29, 0.717) is 16.9 Å². The summed E-state index contributed by atoms with van der Waals surface area (Å²) in [6.45, 7) is 4.20. The summed E-state index contributed by atoms with van der Waals surface area (Å²) in [5, 5.41) is 4.38. The van der Waals surface area contributed by atoms with E-state index in [0.717, 1.165) is 46.0 Å². The topological polar surface area (TPSA) is 80.9 Å². The molecule has 1 amide bonds. The fourth-order valence-corrected chi connectivity index (χ4v) is 3.85. The number of nitrogens with zero attached hydrogens (tertiary/aromatic N) is 3. The zero-order chi connectivity index (χ0) is 20.8. The number of alkyl halides is 1. The van der Waals surface area contributed by atoms with Crippen molar-refractivity contribution in [1.82, 2.24) is 15.0 Å². The van der Waals surface area contributed by atoms with E-state index in [1.807, 2.05) is 12.3 Å². The molecule has 1 aliphatic rings. The van der Waals surface area contributed by atoms with Gasteiger partial charge in [0.05, 0.1) is 5.92 Å². The van der Waals surface area contributed by atoms with E-state index in [4.69, 9.17) is 4.42 Å². The number of nitrogens with one attached hydrogen (secondary N) is 1. The number of hydrogen-bond acceptors (Lipinski definition) is 5. The number of carbonyl (C=O) groups is 1. The summed E-state index contributed by atoms with van der Waals surface area (Å²) in [6.07, 6.45) is 6.21. The summed E-state index contributed by atoms with van der Waals surface area (Å²) >= 11 is 0. The minimum absolute atomic E-state index is 0.279. The Bertz CT molecular complexity index is 1280. The number of pyridine rings is 2. The second kappa shape index (κ2) is 7.16. The van der Waals surface area contributed by atoms with Crippen LogP contribution in [0.1, 0.15) is 31.0 Å². The maximum atomic E-state index is 13.1. The van der Waals surface area contributed by atoms with Crippen molar-refractivity contribution in [3.8, 4) is 11.1 Å². The van der Waals surface area contributed by atoms with Gasteiger partial charge in [-0.1, -0.05) is 13.3 Å². The largest absolute Gasteiger partial charge is 0.443 e. The molecule has 3 heterocycles. The Morgan fingerprint density at radius 1 is 1.20 bits per heavy atom. The molecular weight excluding hydrogens is 383 g/mol. The van der Waals surface area contributed by atoms with E-state index in [2.05, 4.69) is 40.2 Å². The average molecular weight is 404 g/mol. The van der Waals surface area contributed by atoms with Crippen LogP contribution in [0.2, 0.25) is 0 Å². The second-order valence-electron chi connectivity index (χ2n) is 7.83. The van der Waals surface area contributed by atoms with Gasteiger partial charge in [0.1, 0.15) is 17.5 Å². The van der Waals surface area contributed by atoms with Gasteiger partial charge in [0.15, 0.2) is 12.0 Å². The molecule has 152 valence electrons. The number of aryl methyl sites for hydroxylation is 2. The fourth-order valence-electron chi connectivity index (χ4n) is 3.85. The Morgan fingerprint density at radius 3 is 2.77 bits per heavy atom. The van der Waals surface area contributed by atoms with Crippen LogP contribution in [0.15, 0.2) is 41.4 Å². The SMILES string of the molecule is CCCc1cc(C)c(-c2cc3cnc(NC(=O)C4CC4F)cc3c3ncoc23)cn1. The average Bonchev–Trinajstić information content (AvgIpc) is 3.26. The third-order valence-corrected chi connectivity index (χ3v) is 5.57. The molecule has 0 bridgehead atoms. The van der Waals surface area contributed by atoms with Gasteiger partial charge in [-0.3, -0.25) is 9.78 Å². The summed E-state index contributed by atoms with van der Waals surface area (Å²) in [6, 6.07) is 5.87. The number of halogens is 1. The van der Waals surface area contributed by atoms with Crippen molar-refractivity contribution in [2.45, 2.75) is 39.3 Å². The summed E-state index contributed by atoms with van der Waals surface area (Å²) in [5.74, 6) is -0.523. The molecule has 0 spiro atoms. The second-order valence-corrected chi connectivity index (χ2v) is 7.83. The number of amides is 1. The highest BCUT2D eigenvalue weighted by molar-refractivity contribution is 6.10. The standard InChI is InChI=1S/C23H21FN4O2/c1-3-4-14-5-12(2)18(10-25-14)16-6-13-9-26-20(28-23(29)17-7-19(17)24)8-15(13)21-22(16)30-11-27-21/h5-6,8-11,17,19H,3-4,7H2,1-2H3,(H,26,28,29). The van der Waals surface area contributed by atoms with E-state index in [1.54, 1.807) is 12.3 Å². The van der Waals surface area contributed by atoms with E-state index in [-0.39, 0.29) is 12.3 Å². The highest BCUT2D eigenvalue weighted by atomic mass is 19.1. The van der Waals surface area contributed by atoms with Gasteiger partial charge in [0.25, 0.3) is 0 Å². The van der Waals surface area contributed by atoms with Gasteiger partial charge >= 0.3 is 0 Å². The molecule has 1 saturated carbocycles. The molecule has 5 rings (SSSR count). The molecular formula is C23H21FN4O2. The number of hydrogen-bond donors (Lipinski definition) is 1. The Kier molecular flexibility index (Phi) is 4.46. The number of fused-ring (bicyclic) bond motifs is 3. The number of rotatable bonds is 5. The van der Waals surface area contributed by atoms with Crippen molar-refractivity contribution in [3.05, 3.63) is 48.2 Å². The van der Waals surface area contributed by atoms with Gasteiger partial charge in [-0.15, -0.1) is 0 Å². The highest BCUT2D eigenvalue weighted by Gasteiger charge is 2.43. The molecule has 3 aromatic heterocycles. The van der Waals surface area contributed by atoms with Crippen molar-refractivity contribution in [1.29, 1.82) is 0 Å². The molecule has 1 fully saturated rings. The van der Waals surface area contributed by atoms with E-state index < -0.39 is 12.1 Å². The molecule has 6 nitrogen and oxygen atoms in total. The Balaban J connectivity index is 1.58. The monoisotopic (exact) mass is 404 g/mol. The first-order chi connectivity index (χ1) is 14.5. The van der Waals surface area contributed by atoms with Crippen molar-refractivity contribution in [2.75, 3.05) is 5.32 Å². The van der Waals surface area contributed by atoms with Crippen LogP contribution in [0.5, 0.6) is 0 Å². The molecule has 0 radical (unpaired) electrons. The molecule has 1 aromatic carbocycles. The third kappa shape index (κ3) is 3.20. The maximum absolute atomic E-state index is 13.1. The van der Waals surface area contributed by atoms with Crippen molar-refractivity contribution < 1.29 is 13.6 Å². The predicted molar refractivity (Wildman–Crippen MR) is 113 cm³/mol. The van der Waals surface area contributed by atoms with Gasteiger partial charge in [0.2, 0.25) is 5.91 Å². The van der Waals surface area contributed by atoms with Crippen LogP contribution in [-0.4, -0.2) is 27.0 Å². The summed E-state index contributed by atoms with van der Waals surface area (Å²) in [5.41, 5.74) is 5.42. The minimum atomic E-state index is -1.05. The Hall–Kier alpha value is -3.35. The zero-order valence-electron chi connectivity index (χ0n) is 16.8. The zero-order valence-corrected chi connectivity index (χ0v) is 16.8. The van der Waals surface area contributed by atoms with E-state index >= 15 is 0 Å². The molecule has 0 aliphatic heterocycles. The molecule has 0 saturated heterocycles. The highest BCUT2D eigenvalue weighted by Crippen LogP contribution is 2.37. The Morgan fingerprint density at radius 2 is 2.03 bits per heavy atom. The van der Waals surface area contributed by atoms with Crippen molar-refractivity contribution >= 4 is 33.6 Å². The van der Waals surface area contributed by atoms with E-state index in [1.165, 1.54) is 6.39 Å². The quantitative estimate of drug-likeness (QED) is 0.506. The number of benzene rings is 1. The van der Waals surface area contributed by atoms with Crippen molar-refractivity contribution in [3.63, 3.8) is 0 Å². The molecule has 4 aromatic rings. The number of anilines is 1. The smallest absolute Gasteiger partial charge is 0.231 e. The lowest BCUT2D eigenvalue weighted by Crippen LogP contribution is -2.15. The van der Waals surface area contributed by atoms with Gasteiger partial charge in [0, 0.05) is 40.0 Å². The van der Waals surface area contributed by atoms with Crippen molar-refractivity contribution in [2.24, 2.45) is 5.92 Å². The van der Waals surface area contributed by atoms with Crippen LogP contribution in [0.25, 0.3) is 33.0 Å². The summed E-state index contributed by atoms with van der Waals surface area (Å²) < 4.78 is 18.9. The Labute approximate surface area is 172 Å². The van der Waals surface area contributed by atoms with Crippen LogP contribution < -0.4 is 5.32 Å². The molecule has 2 unspecified atom stereocenters. The lowest BCUT2D eigenvalue weighted by atomic mass is 9.97. The van der Waals surface area contributed by atoms with Gasteiger partial charge in [-0.05, 0) is 43.5 Å². The normalized spacial score (nSPS) is 18.1. The first-order valence-corrected chi connectivity index (χ1v) is 10.1. The molecule has 7 heteroatoms. The lowest BCUT2D eigenvalue weighted by molar-refractivity contribution is -0.117. The maximum Gasteiger partial charge on any atom is 0.231 e. The van der Waals surface area contributed by atoms with Crippen LogP contribution in [0.4, 0.5) is 10.2 Å². The predicted octanol–water partition coefficient (Wildman–Crippen LogP) is 5.00. The number of oxazole rings is 1. The van der Waals surface area contributed by atoms with Crippen LogP contribution in [0.3, 0.4) is 0 Å². The van der Waals surface area contributed by atoms with Crippen LogP contribution in [0, 0.1) is 12.8 Å². The fraction of sp³-hybridized carbons (Fsp3) is 0.304. The van der Waals surface area contributed by atoms with E-state index in [9.17, 15) is 9.18 Å². The summed E-state index contributed by atoms with van der Waals surface area (Å²) in [4.78, 5) is 25.4. The molecule has 2 atom stereocenters. The first-order valence-electron chi connectivity index (χ1n) is 10.1. The molecule has 1 aliphatic carbocycles. The minimum Gasteiger partial charge on any atom is -0.443 e. The number of carbonyl (C=O) groups excluding carboxylic acids is 1. The molecule has 30 heavy (non-hydrogen) atoms. The van der Waals surface area contributed by atoms with Gasteiger partial charge < -0.3 is 9.73 Å². The third-order valence-electron chi connectivity index (χ3n) is 5.57. The van der Waals surface area contributed by atoms with Crippen LogP contribution in [-0.2, 0) is 11.2 Å². The lowest BCUT2D eigenvalue weighted by Gasteiger charge is -2.11. The van der Waals surface area contributed by atoms with Gasteiger partial charge in [-0.25, -0.2) is 14.4 Å². The van der Waals surface area contributed by atoms with Gasteiger partial charge in [-0.2, -0.15) is 0 Å². The molecule has 1 N–H and O–H groups in total. The summed E-state index contributed by atoms with van der Waals surface area (Å²) in [7, 11) is 0. The first kappa shape index (κ1) is 18.7. The number of aromatic nitrogens is 3.